The van der Waals surface area contributed by atoms with Crippen LogP contribution in [0.2, 0.25) is 0 Å². The van der Waals surface area contributed by atoms with Crippen molar-refractivity contribution in [2.75, 3.05) is 0 Å². The fourth-order valence-electron chi connectivity index (χ4n) is 7.60. The highest BCUT2D eigenvalue weighted by atomic mass is 15.0. The largest absolute Gasteiger partial charge is 0.309 e. The molecule has 0 aliphatic carbocycles. The van der Waals surface area contributed by atoms with Crippen LogP contribution in [0.25, 0.3) is 88.4 Å². The van der Waals surface area contributed by atoms with Crippen molar-refractivity contribution in [2.45, 2.75) is 0 Å². The van der Waals surface area contributed by atoms with E-state index in [0.717, 1.165) is 66.1 Å². The second-order valence-corrected chi connectivity index (χ2v) is 12.8. The Morgan fingerprint density at radius 2 is 0.660 bits per heavy atom. The minimum atomic E-state index is 0.493. The van der Waals surface area contributed by atoms with Crippen molar-refractivity contribution in [1.29, 1.82) is 0 Å². The highest BCUT2D eigenvalue weighted by molar-refractivity contribution is 6.12. The van der Waals surface area contributed by atoms with Crippen LogP contribution in [0.15, 0.2) is 194 Å². The first-order chi connectivity index (χ1) is 25.6. The fourth-order valence-corrected chi connectivity index (χ4v) is 7.60. The lowest BCUT2D eigenvalue weighted by molar-refractivity contribution is 1.18. The van der Waals surface area contributed by atoms with E-state index in [2.05, 4.69) is 155 Å². The van der Waals surface area contributed by atoms with Crippen LogP contribution in [0.4, 0.5) is 0 Å². The molecule has 0 N–H and O–H groups in total. The average molecular weight is 639 g/mol. The molecule has 8 aromatic carbocycles. The summed E-state index contributed by atoms with van der Waals surface area (Å²) in [6, 6.07) is 64.6. The van der Waals surface area contributed by atoms with Crippen molar-refractivity contribution < 1.29 is 2.74 Å². The number of nitrogens with zero attached hydrogens (tertiary/aromatic N) is 2. The lowest BCUT2D eigenvalue weighted by Gasteiger charge is -2.11. The maximum absolute atomic E-state index is 8.51. The summed E-state index contributed by atoms with van der Waals surface area (Å²) in [5, 5.41) is 4.37. The van der Waals surface area contributed by atoms with Crippen LogP contribution in [0.1, 0.15) is 2.74 Å². The highest BCUT2D eigenvalue weighted by Gasteiger charge is 2.16. The quantitative estimate of drug-likeness (QED) is 0.178. The van der Waals surface area contributed by atoms with Crippen molar-refractivity contribution in [3.63, 3.8) is 0 Å². The summed E-state index contributed by atoms with van der Waals surface area (Å²) in [7, 11) is 0. The number of hydrogen-bond acceptors (Lipinski definition) is 0. The molecule has 234 valence electrons. The lowest BCUT2D eigenvalue weighted by atomic mass is 10.00. The molecule has 0 aliphatic rings. The molecular weight excluding hydrogens is 605 g/mol. The van der Waals surface area contributed by atoms with Crippen LogP contribution in [-0.4, -0.2) is 9.13 Å². The van der Waals surface area contributed by atoms with E-state index in [-0.39, 0.29) is 0 Å². The summed E-state index contributed by atoms with van der Waals surface area (Å²) in [5.74, 6) is 0. The van der Waals surface area contributed by atoms with Crippen molar-refractivity contribution >= 4 is 43.6 Å². The molecule has 0 atom stereocenters. The zero-order valence-electron chi connectivity index (χ0n) is 29.2. The van der Waals surface area contributed by atoms with E-state index >= 15 is 0 Å². The molecule has 0 fully saturated rings. The van der Waals surface area contributed by atoms with Crippen molar-refractivity contribution in [2.24, 2.45) is 0 Å². The third kappa shape index (κ3) is 4.57. The monoisotopic (exact) mass is 638 g/mol. The van der Waals surface area contributed by atoms with E-state index in [0.29, 0.717) is 12.1 Å². The molecule has 0 radical (unpaired) electrons. The van der Waals surface area contributed by atoms with Crippen LogP contribution in [0, 0.1) is 0 Å². The van der Waals surface area contributed by atoms with Gasteiger partial charge in [-0.15, -0.1) is 0 Å². The first kappa shape index (κ1) is 26.3. The first-order valence-electron chi connectivity index (χ1n) is 18.0. The Morgan fingerprint density at radius 3 is 1.16 bits per heavy atom. The van der Waals surface area contributed by atoms with Gasteiger partial charge in [0.15, 0.2) is 0 Å². The van der Waals surface area contributed by atoms with Gasteiger partial charge in [-0.2, -0.15) is 0 Å². The van der Waals surface area contributed by atoms with Gasteiger partial charge in [0.1, 0.15) is 0 Å². The summed E-state index contributed by atoms with van der Waals surface area (Å²) in [6.07, 6.45) is 0. The van der Waals surface area contributed by atoms with Crippen LogP contribution in [-0.2, 0) is 0 Å². The Morgan fingerprint density at radius 1 is 0.280 bits per heavy atom. The third-order valence-corrected chi connectivity index (χ3v) is 10.0. The Balaban J connectivity index is 1.07. The Bertz CT molecular complexity index is 2940. The third-order valence-electron chi connectivity index (χ3n) is 10.0. The molecular formula is C48H32N2. The Labute approximate surface area is 293 Å². The van der Waals surface area contributed by atoms with Gasteiger partial charge in [-0.1, -0.05) is 133 Å². The Hall–Kier alpha value is -6.64. The van der Waals surface area contributed by atoms with Gasteiger partial charge in [-0.25, -0.2) is 0 Å². The molecule has 2 heterocycles. The lowest BCUT2D eigenvalue weighted by Crippen LogP contribution is -1.94. The van der Waals surface area contributed by atoms with E-state index in [1.54, 1.807) is 0 Å². The number of benzene rings is 8. The zero-order valence-corrected chi connectivity index (χ0v) is 27.2. The SMILES string of the molecule is [2H]c1ccc2c(c1)c1cc(-c3ccc4c(c3)c3cc([2H])ccc3n4-c3ccc(-c4ccc(-c5ccccc5)cc4)cc3)ccc1n2-c1ccccc1. The van der Waals surface area contributed by atoms with E-state index in [4.69, 9.17) is 2.74 Å². The average Bonchev–Trinajstić information content (AvgIpc) is 3.70. The molecule has 10 aromatic rings. The molecule has 10 rings (SSSR count). The molecule has 0 aliphatic heterocycles. The van der Waals surface area contributed by atoms with Crippen LogP contribution >= 0.6 is 0 Å². The molecule has 0 saturated carbocycles. The van der Waals surface area contributed by atoms with Gasteiger partial charge < -0.3 is 9.13 Å². The molecule has 0 saturated heterocycles. The van der Waals surface area contributed by atoms with Crippen LogP contribution in [0.5, 0.6) is 0 Å². The minimum Gasteiger partial charge on any atom is -0.309 e. The van der Waals surface area contributed by atoms with Gasteiger partial charge in [0.05, 0.1) is 24.8 Å². The van der Waals surface area contributed by atoms with E-state index in [1.807, 2.05) is 36.4 Å². The van der Waals surface area contributed by atoms with Crippen molar-refractivity contribution in [3.8, 4) is 44.8 Å². The van der Waals surface area contributed by atoms with Crippen molar-refractivity contribution in [3.05, 3.63) is 194 Å². The molecule has 0 spiro atoms. The number of rotatable bonds is 5. The molecule has 50 heavy (non-hydrogen) atoms. The van der Waals surface area contributed by atoms with E-state index < -0.39 is 0 Å². The highest BCUT2D eigenvalue weighted by Crippen LogP contribution is 2.38. The molecule has 0 unspecified atom stereocenters. The zero-order chi connectivity index (χ0) is 34.8. The summed E-state index contributed by atoms with van der Waals surface area (Å²) in [4.78, 5) is 0. The Kier molecular flexibility index (Phi) is 6.06. The first-order valence-corrected chi connectivity index (χ1v) is 17.0. The topological polar surface area (TPSA) is 9.86 Å². The van der Waals surface area contributed by atoms with Gasteiger partial charge in [0, 0.05) is 32.9 Å². The summed E-state index contributed by atoms with van der Waals surface area (Å²) in [6.45, 7) is 0. The van der Waals surface area contributed by atoms with E-state index in [9.17, 15) is 0 Å². The minimum absolute atomic E-state index is 0.493. The van der Waals surface area contributed by atoms with E-state index in [1.165, 1.54) is 22.3 Å². The smallest absolute Gasteiger partial charge is 0.0623 e. The maximum Gasteiger partial charge on any atom is 0.0623 e. The molecule has 2 aromatic heterocycles. The number of aromatic nitrogens is 2. The van der Waals surface area contributed by atoms with Gasteiger partial charge in [0.2, 0.25) is 0 Å². The predicted molar refractivity (Wildman–Crippen MR) is 211 cm³/mol. The summed E-state index contributed by atoms with van der Waals surface area (Å²) < 4.78 is 21.5. The fraction of sp³-hybridized carbons (Fsp3) is 0. The maximum atomic E-state index is 8.51. The van der Waals surface area contributed by atoms with Gasteiger partial charge in [0.25, 0.3) is 0 Å². The number of para-hydroxylation sites is 3. The van der Waals surface area contributed by atoms with Crippen LogP contribution < -0.4 is 0 Å². The van der Waals surface area contributed by atoms with Gasteiger partial charge >= 0.3 is 0 Å². The number of hydrogen-bond donors (Lipinski definition) is 0. The summed E-state index contributed by atoms with van der Waals surface area (Å²) >= 11 is 0. The normalized spacial score (nSPS) is 12.2. The van der Waals surface area contributed by atoms with Crippen molar-refractivity contribution in [1.82, 2.24) is 9.13 Å². The second-order valence-electron chi connectivity index (χ2n) is 12.8. The van der Waals surface area contributed by atoms with Gasteiger partial charge in [-0.3, -0.25) is 0 Å². The molecule has 0 bridgehead atoms. The standard InChI is InChI=1S/C48H32N2/c1-3-11-33(12-4-1)34-19-21-35(22-20-34)36-23-27-40(28-24-36)50-46-18-10-8-16-42(46)44-32-38(26-30-48(44)50)37-25-29-47-43(31-37)41-15-7-9-17-45(41)49(47)39-13-5-2-6-14-39/h1-32H/i7D,8D. The van der Waals surface area contributed by atoms with Gasteiger partial charge in [-0.05, 0) is 94.0 Å². The second kappa shape index (κ2) is 11.5. The molecule has 2 heteroatoms. The molecule has 0 amide bonds. The summed E-state index contributed by atoms with van der Waals surface area (Å²) in [5.41, 5.74) is 13.6. The predicted octanol–water partition coefficient (Wildman–Crippen LogP) is 12.9. The number of fused-ring (bicyclic) bond motifs is 6. The van der Waals surface area contributed by atoms with Crippen LogP contribution in [0.3, 0.4) is 0 Å². The molecule has 2 nitrogen and oxygen atoms in total.